The van der Waals surface area contributed by atoms with Gasteiger partial charge in [-0.3, -0.25) is 9.59 Å². The van der Waals surface area contributed by atoms with Crippen molar-refractivity contribution in [2.45, 2.75) is 83.2 Å². The first-order valence-corrected chi connectivity index (χ1v) is 20.0. The van der Waals surface area contributed by atoms with E-state index in [9.17, 15) is 9.59 Å². The molecule has 2 N–H and O–H groups in total. The highest BCUT2D eigenvalue weighted by Gasteiger charge is 2.36. The molecule has 1 saturated heterocycles. The predicted octanol–water partition coefficient (Wildman–Crippen LogP) is 7.56. The maximum absolute atomic E-state index is 14.4. The largest absolute Gasteiger partial charge is 0.461 e. The molecule has 3 aliphatic rings. The molecule has 11 heteroatoms. The van der Waals surface area contributed by atoms with Crippen LogP contribution in [0.5, 0.6) is 11.6 Å². The lowest BCUT2D eigenvalue weighted by Crippen LogP contribution is -2.50. The van der Waals surface area contributed by atoms with Crippen LogP contribution in [0.15, 0.2) is 108 Å². The summed E-state index contributed by atoms with van der Waals surface area (Å²) in [7, 11) is 0. The van der Waals surface area contributed by atoms with Gasteiger partial charge in [-0.15, -0.1) is 0 Å². The lowest BCUT2D eigenvalue weighted by atomic mass is 9.84. The third-order valence-corrected chi connectivity index (χ3v) is 11.2. The minimum Gasteiger partial charge on any atom is -0.461 e. The van der Waals surface area contributed by atoms with Gasteiger partial charge in [-0.25, -0.2) is 9.98 Å². The van der Waals surface area contributed by atoms with Gasteiger partial charge in [0.15, 0.2) is 5.96 Å². The SMILES string of the molecule is NC1=Nc2cnc(Oc3ccccc3)cc2CN1[C@@H](CCC(=O)N(CCOCc1ccccc1)C1CCC(C(=O)OCc2ccccc2)CC1)C1CCOCC1. The van der Waals surface area contributed by atoms with Gasteiger partial charge in [-0.1, -0.05) is 78.9 Å². The van der Waals surface area contributed by atoms with Crippen LogP contribution in [-0.4, -0.2) is 71.1 Å². The van der Waals surface area contributed by atoms with E-state index >= 15 is 0 Å². The number of hydrogen-bond acceptors (Lipinski definition) is 10. The molecule has 11 nitrogen and oxygen atoms in total. The normalized spacial score (nSPS) is 19.0. The number of aromatic nitrogens is 1. The molecule has 0 bridgehead atoms. The molecule has 1 saturated carbocycles. The van der Waals surface area contributed by atoms with Crippen LogP contribution in [0.25, 0.3) is 0 Å². The second kappa shape index (κ2) is 19.6. The van der Waals surface area contributed by atoms with Gasteiger partial charge in [0.25, 0.3) is 0 Å². The number of hydrogen-bond donors (Lipinski definition) is 1. The van der Waals surface area contributed by atoms with E-state index in [1.807, 2.05) is 102 Å². The molecule has 1 aliphatic carbocycles. The van der Waals surface area contributed by atoms with Crippen LogP contribution in [0.4, 0.5) is 5.69 Å². The van der Waals surface area contributed by atoms with Crippen LogP contribution < -0.4 is 10.5 Å². The maximum atomic E-state index is 14.4. The molecule has 7 rings (SSSR count). The Morgan fingerprint density at radius 3 is 2.21 bits per heavy atom. The first-order chi connectivity index (χ1) is 27.5. The molecule has 4 aromatic rings. The summed E-state index contributed by atoms with van der Waals surface area (Å²) in [6.45, 7) is 3.56. The molecule has 294 valence electrons. The molecule has 0 unspecified atom stereocenters. The molecule has 1 atom stereocenters. The van der Waals surface area contributed by atoms with E-state index in [4.69, 9.17) is 29.7 Å². The number of rotatable bonds is 16. The first kappa shape index (κ1) is 39.0. The zero-order chi connectivity index (χ0) is 38.5. The van der Waals surface area contributed by atoms with E-state index in [-0.39, 0.29) is 42.4 Å². The standard InChI is InChI=1S/C45H53N5O6/c46-45-48-40-29-47-42(56-39-14-8-3-9-15-39)28-37(40)30-50(45)41(35-22-25-53-26-23-35)20-21-43(51)49(24-27-54-31-33-10-4-1-5-11-33)38-18-16-36(17-19-38)44(52)55-32-34-12-6-2-7-13-34/h1-15,28-29,35-36,38,41H,16-27,30-32H2,(H2,46,48)/t36?,38?,41-/m0/s1. The van der Waals surface area contributed by atoms with Crippen molar-refractivity contribution in [2.24, 2.45) is 22.6 Å². The van der Waals surface area contributed by atoms with E-state index in [0.717, 1.165) is 48.1 Å². The predicted molar refractivity (Wildman–Crippen MR) is 214 cm³/mol. The number of benzene rings is 3. The van der Waals surface area contributed by atoms with Crippen LogP contribution >= 0.6 is 0 Å². The van der Waals surface area contributed by atoms with Gasteiger partial charge in [-0.05, 0) is 74.1 Å². The molecule has 2 fully saturated rings. The quantitative estimate of drug-likeness (QED) is 0.0909. The van der Waals surface area contributed by atoms with Gasteiger partial charge in [-0.2, -0.15) is 0 Å². The topological polar surface area (TPSA) is 129 Å². The summed E-state index contributed by atoms with van der Waals surface area (Å²) in [4.78, 5) is 40.9. The first-order valence-electron chi connectivity index (χ1n) is 20.0. The highest BCUT2D eigenvalue weighted by molar-refractivity contribution is 5.84. The zero-order valence-electron chi connectivity index (χ0n) is 32.0. The van der Waals surface area contributed by atoms with Gasteiger partial charge in [0.05, 0.1) is 31.0 Å². The molecule has 2 aliphatic heterocycles. The number of ether oxygens (including phenoxy) is 4. The number of esters is 1. The third-order valence-electron chi connectivity index (χ3n) is 11.2. The van der Waals surface area contributed by atoms with E-state index < -0.39 is 0 Å². The number of aliphatic imine (C=N–C) groups is 1. The molecule has 1 aromatic heterocycles. The summed E-state index contributed by atoms with van der Waals surface area (Å²) >= 11 is 0. The highest BCUT2D eigenvalue weighted by Crippen LogP contribution is 2.35. The Bertz CT molecular complexity index is 1880. The Balaban J connectivity index is 1.02. The van der Waals surface area contributed by atoms with Gasteiger partial charge in [0.2, 0.25) is 11.8 Å². The Labute approximate surface area is 329 Å². The van der Waals surface area contributed by atoms with Crippen LogP contribution in [0.2, 0.25) is 0 Å². The summed E-state index contributed by atoms with van der Waals surface area (Å²) < 4.78 is 23.6. The van der Waals surface area contributed by atoms with Crippen LogP contribution in [0, 0.1) is 11.8 Å². The number of para-hydroxylation sites is 1. The van der Waals surface area contributed by atoms with Crippen molar-refractivity contribution in [1.29, 1.82) is 0 Å². The summed E-state index contributed by atoms with van der Waals surface area (Å²) in [5, 5.41) is 0. The molecule has 3 aromatic carbocycles. The molecular formula is C45H53N5O6. The van der Waals surface area contributed by atoms with Crippen LogP contribution in [0.1, 0.15) is 68.1 Å². The van der Waals surface area contributed by atoms with Gasteiger partial charge in [0, 0.05) is 56.4 Å². The monoisotopic (exact) mass is 759 g/mol. The van der Waals surface area contributed by atoms with Crippen molar-refractivity contribution in [3.05, 3.63) is 120 Å². The fourth-order valence-corrected chi connectivity index (χ4v) is 8.17. The minimum absolute atomic E-state index is 0.0160. The van der Waals surface area contributed by atoms with Crippen molar-refractivity contribution in [1.82, 2.24) is 14.8 Å². The zero-order valence-corrected chi connectivity index (χ0v) is 32.0. The number of nitrogens with two attached hydrogens (primary N) is 1. The van der Waals surface area contributed by atoms with Crippen LogP contribution in [0.3, 0.4) is 0 Å². The summed E-state index contributed by atoms with van der Waals surface area (Å²) in [6, 6.07) is 31.3. The molecule has 0 radical (unpaired) electrons. The van der Waals surface area contributed by atoms with Crippen molar-refractivity contribution >= 4 is 23.5 Å². The fourth-order valence-electron chi connectivity index (χ4n) is 8.17. The van der Waals surface area contributed by atoms with Gasteiger partial charge >= 0.3 is 5.97 Å². The third kappa shape index (κ3) is 10.5. The Kier molecular flexibility index (Phi) is 13.6. The summed E-state index contributed by atoms with van der Waals surface area (Å²) in [6.07, 6.45) is 7.30. The Morgan fingerprint density at radius 2 is 1.52 bits per heavy atom. The highest BCUT2D eigenvalue weighted by atomic mass is 16.5. The molecular weight excluding hydrogens is 707 g/mol. The Morgan fingerprint density at radius 1 is 0.857 bits per heavy atom. The second-order valence-corrected chi connectivity index (χ2v) is 14.9. The number of pyridine rings is 1. The van der Waals surface area contributed by atoms with Gasteiger partial charge < -0.3 is 34.5 Å². The minimum atomic E-state index is -0.169. The number of guanidine groups is 1. The molecule has 3 heterocycles. The average molecular weight is 760 g/mol. The second-order valence-electron chi connectivity index (χ2n) is 14.9. The average Bonchev–Trinajstić information content (AvgIpc) is 3.24. The smallest absolute Gasteiger partial charge is 0.309 e. The maximum Gasteiger partial charge on any atom is 0.309 e. The summed E-state index contributed by atoms with van der Waals surface area (Å²) in [5.74, 6) is 1.69. The lowest BCUT2D eigenvalue weighted by Gasteiger charge is -2.42. The lowest BCUT2D eigenvalue weighted by molar-refractivity contribution is -0.151. The molecule has 0 spiro atoms. The van der Waals surface area contributed by atoms with Gasteiger partial charge in [0.1, 0.15) is 12.4 Å². The molecule has 56 heavy (non-hydrogen) atoms. The van der Waals surface area contributed by atoms with E-state index in [0.29, 0.717) is 82.8 Å². The number of fused-ring (bicyclic) bond motifs is 1. The van der Waals surface area contributed by atoms with Crippen molar-refractivity contribution in [3.8, 4) is 11.6 Å². The number of nitrogens with zero attached hydrogens (tertiary/aromatic N) is 4. The number of amides is 1. The van der Waals surface area contributed by atoms with Crippen molar-refractivity contribution in [2.75, 3.05) is 26.4 Å². The van der Waals surface area contributed by atoms with E-state index in [2.05, 4.69) is 9.88 Å². The van der Waals surface area contributed by atoms with Crippen LogP contribution in [-0.2, 0) is 43.6 Å². The van der Waals surface area contributed by atoms with E-state index in [1.165, 1.54) is 0 Å². The number of carbonyl (C=O) groups is 2. The van der Waals surface area contributed by atoms with Crippen molar-refractivity contribution < 1.29 is 28.5 Å². The summed E-state index contributed by atoms with van der Waals surface area (Å²) in [5.41, 5.74) is 10.5. The number of carbonyl (C=O) groups excluding carboxylic acids is 2. The van der Waals surface area contributed by atoms with E-state index in [1.54, 1.807) is 6.20 Å². The van der Waals surface area contributed by atoms with Crippen molar-refractivity contribution in [3.63, 3.8) is 0 Å². The Hall–Kier alpha value is -5.26. The fraction of sp³-hybridized carbons (Fsp3) is 0.422. The molecule has 1 amide bonds.